The van der Waals surface area contributed by atoms with Crippen molar-refractivity contribution in [2.75, 3.05) is 5.32 Å². The number of carbonyl (C=O) groups is 2. The van der Waals surface area contributed by atoms with Gasteiger partial charge in [0.1, 0.15) is 0 Å². The van der Waals surface area contributed by atoms with Crippen LogP contribution in [-0.2, 0) is 11.3 Å². The summed E-state index contributed by atoms with van der Waals surface area (Å²) in [7, 11) is 0. The lowest BCUT2D eigenvalue weighted by molar-refractivity contribution is -0.167. The Morgan fingerprint density at radius 3 is 2.21 bits per heavy atom. The number of rotatable bonds is 4. The monoisotopic (exact) mass is 448 g/mol. The van der Waals surface area contributed by atoms with Crippen molar-refractivity contribution in [2.45, 2.75) is 12.7 Å². The van der Waals surface area contributed by atoms with Crippen LogP contribution in [0.2, 0.25) is 0 Å². The molecule has 2 amide bonds. The van der Waals surface area contributed by atoms with E-state index in [1.807, 2.05) is 12.1 Å². The molecule has 8 heteroatoms. The van der Waals surface area contributed by atoms with Gasteiger partial charge < -0.3 is 10.6 Å². The number of halogens is 4. The minimum atomic E-state index is -4.93. The molecule has 0 fully saturated rings. The van der Waals surface area contributed by atoms with E-state index >= 15 is 0 Å². The molecular weight excluding hydrogens is 436 g/mol. The lowest BCUT2D eigenvalue weighted by atomic mass is 10.2. The summed E-state index contributed by atoms with van der Waals surface area (Å²) in [6.45, 7) is 0.220. The number of carbonyl (C=O) groups excluding carboxylic acids is 2. The molecule has 0 atom stereocenters. The van der Waals surface area contributed by atoms with Gasteiger partial charge in [-0.2, -0.15) is 13.2 Å². The third-order valence-corrected chi connectivity index (χ3v) is 3.98. The van der Waals surface area contributed by atoms with E-state index in [0.717, 1.165) is 3.57 Å². The second kappa shape index (κ2) is 7.65. The van der Waals surface area contributed by atoms with E-state index in [1.165, 1.54) is 24.3 Å². The number of benzene rings is 2. The molecule has 0 saturated carbocycles. The quantitative estimate of drug-likeness (QED) is 0.701. The highest BCUT2D eigenvalue weighted by atomic mass is 127. The third-order valence-electron chi connectivity index (χ3n) is 3.04. The zero-order valence-corrected chi connectivity index (χ0v) is 14.3. The summed E-state index contributed by atoms with van der Waals surface area (Å²) in [6, 6.07) is 12.8. The highest BCUT2D eigenvalue weighted by Crippen LogP contribution is 2.18. The fourth-order valence-corrected chi connectivity index (χ4v) is 2.46. The normalized spacial score (nSPS) is 11.0. The molecule has 0 radical (unpaired) electrons. The average molecular weight is 448 g/mol. The fourth-order valence-electron chi connectivity index (χ4n) is 1.83. The maximum atomic E-state index is 12.2. The zero-order valence-electron chi connectivity index (χ0n) is 12.2. The van der Waals surface area contributed by atoms with E-state index in [4.69, 9.17) is 0 Å². The summed E-state index contributed by atoms with van der Waals surface area (Å²) in [5.41, 5.74) is 1.27. The van der Waals surface area contributed by atoms with Crippen molar-refractivity contribution < 1.29 is 22.8 Å². The fraction of sp³-hybridized carbons (Fsp3) is 0.125. The Morgan fingerprint density at radius 2 is 1.62 bits per heavy atom. The third kappa shape index (κ3) is 4.95. The summed E-state index contributed by atoms with van der Waals surface area (Å²) >= 11 is 2.06. The molecule has 0 spiro atoms. The van der Waals surface area contributed by atoms with Crippen LogP contribution in [0.15, 0.2) is 48.5 Å². The smallest absolute Gasteiger partial charge is 0.348 e. The Kier molecular flexibility index (Phi) is 5.81. The van der Waals surface area contributed by atoms with Crippen LogP contribution in [-0.4, -0.2) is 18.0 Å². The predicted octanol–water partition coefficient (Wildman–Crippen LogP) is 3.72. The standard InChI is InChI=1S/C16H12F3IN2O2/c17-16(18,19)15(24)22-11-7-5-10(6-8-11)9-21-14(23)12-3-1-2-4-13(12)20/h1-8H,9H2,(H,21,23)(H,22,24). The van der Waals surface area contributed by atoms with Crippen LogP contribution in [0, 0.1) is 3.57 Å². The lowest BCUT2D eigenvalue weighted by Crippen LogP contribution is -2.29. The van der Waals surface area contributed by atoms with Gasteiger partial charge in [-0.3, -0.25) is 9.59 Å². The number of hydrogen-bond acceptors (Lipinski definition) is 2. The molecule has 24 heavy (non-hydrogen) atoms. The van der Waals surface area contributed by atoms with Crippen molar-refractivity contribution in [1.29, 1.82) is 0 Å². The second-order valence-electron chi connectivity index (χ2n) is 4.81. The van der Waals surface area contributed by atoms with Crippen molar-refractivity contribution in [1.82, 2.24) is 5.32 Å². The summed E-state index contributed by atoms with van der Waals surface area (Å²) in [4.78, 5) is 22.9. The molecule has 0 aliphatic carbocycles. The van der Waals surface area contributed by atoms with Gasteiger partial charge in [-0.15, -0.1) is 0 Å². The van der Waals surface area contributed by atoms with E-state index in [1.54, 1.807) is 17.4 Å². The zero-order chi connectivity index (χ0) is 17.7. The number of hydrogen-bond donors (Lipinski definition) is 2. The number of alkyl halides is 3. The predicted molar refractivity (Wildman–Crippen MR) is 91.5 cm³/mol. The maximum absolute atomic E-state index is 12.2. The van der Waals surface area contributed by atoms with Gasteiger partial charge in [0.25, 0.3) is 5.91 Å². The average Bonchev–Trinajstić information content (AvgIpc) is 2.53. The van der Waals surface area contributed by atoms with Crippen LogP contribution in [0.4, 0.5) is 18.9 Å². The Hall–Kier alpha value is -2.10. The molecule has 0 unspecified atom stereocenters. The molecule has 126 valence electrons. The number of anilines is 1. The molecule has 0 bridgehead atoms. The first-order valence-corrected chi connectivity index (χ1v) is 7.85. The Balaban J connectivity index is 1.94. The minimum Gasteiger partial charge on any atom is -0.348 e. The number of amides is 2. The van der Waals surface area contributed by atoms with Crippen molar-refractivity contribution in [3.05, 3.63) is 63.2 Å². The van der Waals surface area contributed by atoms with Crippen LogP contribution >= 0.6 is 22.6 Å². The van der Waals surface area contributed by atoms with Gasteiger partial charge in [-0.25, -0.2) is 0 Å². The van der Waals surface area contributed by atoms with E-state index in [0.29, 0.717) is 11.1 Å². The van der Waals surface area contributed by atoms with Gasteiger partial charge in [-0.05, 0) is 52.4 Å². The molecule has 2 aromatic rings. The van der Waals surface area contributed by atoms with Crippen molar-refractivity contribution in [3.8, 4) is 0 Å². The largest absolute Gasteiger partial charge is 0.471 e. The molecule has 0 saturated heterocycles. The van der Waals surface area contributed by atoms with Crippen LogP contribution in [0.3, 0.4) is 0 Å². The minimum absolute atomic E-state index is 0.0324. The van der Waals surface area contributed by atoms with Crippen molar-refractivity contribution in [3.63, 3.8) is 0 Å². The van der Waals surface area contributed by atoms with Crippen LogP contribution in [0.1, 0.15) is 15.9 Å². The Bertz CT molecular complexity index is 746. The van der Waals surface area contributed by atoms with Gasteiger partial charge in [0, 0.05) is 15.8 Å². The first kappa shape index (κ1) is 18.2. The van der Waals surface area contributed by atoms with E-state index < -0.39 is 12.1 Å². The molecule has 0 aliphatic heterocycles. The molecule has 2 rings (SSSR count). The van der Waals surface area contributed by atoms with Crippen molar-refractivity contribution >= 4 is 40.1 Å². The van der Waals surface area contributed by atoms with Crippen LogP contribution in [0.5, 0.6) is 0 Å². The van der Waals surface area contributed by atoms with Crippen LogP contribution < -0.4 is 10.6 Å². The molecule has 2 aromatic carbocycles. The molecule has 4 nitrogen and oxygen atoms in total. The number of nitrogens with one attached hydrogen (secondary N) is 2. The Morgan fingerprint density at radius 1 is 1.00 bits per heavy atom. The van der Waals surface area contributed by atoms with Gasteiger partial charge >= 0.3 is 12.1 Å². The highest BCUT2D eigenvalue weighted by molar-refractivity contribution is 14.1. The Labute approximate surface area is 149 Å². The van der Waals surface area contributed by atoms with E-state index in [2.05, 4.69) is 27.9 Å². The molecule has 0 heterocycles. The molecular formula is C16H12F3IN2O2. The van der Waals surface area contributed by atoms with Gasteiger partial charge in [0.15, 0.2) is 0 Å². The SMILES string of the molecule is O=C(NCc1ccc(NC(=O)C(F)(F)F)cc1)c1ccccc1I. The summed E-state index contributed by atoms with van der Waals surface area (Å²) in [5, 5.41) is 4.48. The van der Waals surface area contributed by atoms with E-state index in [-0.39, 0.29) is 18.1 Å². The lowest BCUT2D eigenvalue weighted by Gasteiger charge is -2.09. The second-order valence-corrected chi connectivity index (χ2v) is 5.97. The maximum Gasteiger partial charge on any atom is 0.471 e. The summed E-state index contributed by atoms with van der Waals surface area (Å²) in [6.07, 6.45) is -4.93. The first-order chi connectivity index (χ1) is 11.3. The summed E-state index contributed by atoms with van der Waals surface area (Å²) < 4.78 is 37.3. The topological polar surface area (TPSA) is 58.2 Å². The first-order valence-electron chi connectivity index (χ1n) is 6.77. The molecule has 0 aromatic heterocycles. The van der Waals surface area contributed by atoms with Gasteiger partial charge in [0.05, 0.1) is 5.56 Å². The molecule has 2 N–H and O–H groups in total. The summed E-state index contributed by atoms with van der Waals surface area (Å²) in [5.74, 6) is -2.27. The van der Waals surface area contributed by atoms with Gasteiger partial charge in [-0.1, -0.05) is 24.3 Å². The molecule has 0 aliphatic rings. The highest BCUT2D eigenvalue weighted by Gasteiger charge is 2.38. The van der Waals surface area contributed by atoms with Crippen molar-refractivity contribution in [2.24, 2.45) is 0 Å². The van der Waals surface area contributed by atoms with Crippen LogP contribution in [0.25, 0.3) is 0 Å². The van der Waals surface area contributed by atoms with E-state index in [9.17, 15) is 22.8 Å². The van der Waals surface area contributed by atoms with Gasteiger partial charge in [0.2, 0.25) is 0 Å².